The fourth-order valence-corrected chi connectivity index (χ4v) is 3.22. The Kier molecular flexibility index (Phi) is 2.56. The van der Waals surface area contributed by atoms with Gasteiger partial charge in [-0.25, -0.2) is 4.98 Å². The molecule has 2 aromatic heterocycles. The molecular weight excluding hydrogens is 296 g/mol. The molecule has 0 fully saturated rings. The number of aryl methyl sites for hydroxylation is 2. The summed E-state index contributed by atoms with van der Waals surface area (Å²) in [5, 5.41) is 2.14. The summed E-state index contributed by atoms with van der Waals surface area (Å²) in [4.78, 5) is 5.67. The van der Waals surface area contributed by atoms with E-state index in [0.29, 0.717) is 0 Å². The van der Waals surface area contributed by atoms with Gasteiger partial charge >= 0.3 is 0 Å². The lowest BCUT2D eigenvalue weighted by atomic mass is 10.1. The molecule has 3 rings (SSSR count). The summed E-state index contributed by atoms with van der Waals surface area (Å²) in [5.74, 6) is 0. The smallest absolute Gasteiger partial charge is 0.194 e. The zero-order valence-electron chi connectivity index (χ0n) is 9.57. The molecule has 4 heteroatoms. The third-order valence-corrected chi connectivity index (χ3v) is 4.30. The van der Waals surface area contributed by atoms with Crippen LogP contribution < -0.4 is 0 Å². The number of rotatable bonds is 1. The fourth-order valence-electron chi connectivity index (χ4n) is 2.05. The topological polar surface area (TPSA) is 17.3 Å². The SMILES string of the molecule is Cc1nc2scc(C)n2c1-c1ccc(Br)cc1. The van der Waals surface area contributed by atoms with E-state index in [1.807, 2.05) is 0 Å². The Hall–Kier alpha value is -1.13. The van der Waals surface area contributed by atoms with Crippen molar-refractivity contribution in [3.63, 3.8) is 0 Å². The highest BCUT2D eigenvalue weighted by Crippen LogP contribution is 2.29. The summed E-state index contributed by atoms with van der Waals surface area (Å²) in [6, 6.07) is 8.38. The summed E-state index contributed by atoms with van der Waals surface area (Å²) in [7, 11) is 0. The molecule has 2 nitrogen and oxygen atoms in total. The van der Waals surface area contributed by atoms with Crippen molar-refractivity contribution in [3.8, 4) is 11.3 Å². The molecule has 17 heavy (non-hydrogen) atoms. The standard InChI is InChI=1S/C13H11BrN2S/c1-8-7-17-13-15-9(2)12(16(8)13)10-3-5-11(14)6-4-10/h3-7H,1-2H3. The molecule has 0 bridgehead atoms. The van der Waals surface area contributed by atoms with Crippen LogP contribution in [0.15, 0.2) is 34.1 Å². The predicted octanol–water partition coefficient (Wildman–Crippen LogP) is 4.44. The number of fused-ring (bicyclic) bond motifs is 1. The largest absolute Gasteiger partial charge is 0.287 e. The maximum absolute atomic E-state index is 4.60. The number of imidazole rings is 1. The van der Waals surface area contributed by atoms with Crippen molar-refractivity contribution in [2.45, 2.75) is 13.8 Å². The monoisotopic (exact) mass is 306 g/mol. The minimum atomic E-state index is 1.07. The first-order valence-corrected chi connectivity index (χ1v) is 7.03. The second-order valence-electron chi connectivity index (χ2n) is 4.05. The highest BCUT2D eigenvalue weighted by Gasteiger charge is 2.13. The van der Waals surface area contributed by atoms with E-state index in [-0.39, 0.29) is 0 Å². The van der Waals surface area contributed by atoms with Gasteiger partial charge in [0.2, 0.25) is 0 Å². The van der Waals surface area contributed by atoms with Crippen LogP contribution in [0.5, 0.6) is 0 Å². The van der Waals surface area contributed by atoms with E-state index in [0.717, 1.165) is 15.1 Å². The lowest BCUT2D eigenvalue weighted by Crippen LogP contribution is -1.89. The zero-order valence-corrected chi connectivity index (χ0v) is 12.0. The number of hydrogen-bond donors (Lipinski definition) is 0. The Morgan fingerprint density at radius 3 is 2.59 bits per heavy atom. The molecule has 86 valence electrons. The highest BCUT2D eigenvalue weighted by atomic mass is 79.9. The molecule has 2 heterocycles. The van der Waals surface area contributed by atoms with Gasteiger partial charge in [-0.1, -0.05) is 28.1 Å². The Morgan fingerprint density at radius 2 is 1.88 bits per heavy atom. The second kappa shape index (κ2) is 3.96. The molecule has 0 atom stereocenters. The molecule has 1 aromatic carbocycles. The van der Waals surface area contributed by atoms with Crippen LogP contribution in [0, 0.1) is 13.8 Å². The zero-order chi connectivity index (χ0) is 12.0. The van der Waals surface area contributed by atoms with E-state index in [1.165, 1.54) is 17.0 Å². The average molecular weight is 307 g/mol. The normalized spacial score (nSPS) is 11.2. The van der Waals surface area contributed by atoms with Crippen LogP contribution in [0.3, 0.4) is 0 Å². The minimum Gasteiger partial charge on any atom is -0.287 e. The van der Waals surface area contributed by atoms with E-state index in [9.17, 15) is 0 Å². The highest BCUT2D eigenvalue weighted by molar-refractivity contribution is 9.10. The van der Waals surface area contributed by atoms with Gasteiger partial charge in [-0.15, -0.1) is 11.3 Å². The molecule has 0 amide bonds. The molecule has 0 aliphatic carbocycles. The van der Waals surface area contributed by atoms with E-state index in [4.69, 9.17) is 0 Å². The second-order valence-corrected chi connectivity index (χ2v) is 5.80. The number of halogens is 1. The van der Waals surface area contributed by atoms with E-state index >= 15 is 0 Å². The molecule has 0 unspecified atom stereocenters. The average Bonchev–Trinajstić information content (AvgIpc) is 2.80. The molecule has 0 aliphatic heterocycles. The Morgan fingerprint density at radius 1 is 1.18 bits per heavy atom. The number of nitrogens with zero attached hydrogens (tertiary/aromatic N) is 2. The molecule has 0 saturated heterocycles. The van der Waals surface area contributed by atoms with Gasteiger partial charge in [0.05, 0.1) is 11.4 Å². The van der Waals surface area contributed by atoms with Crippen molar-refractivity contribution in [3.05, 3.63) is 45.5 Å². The summed E-state index contributed by atoms with van der Waals surface area (Å²) < 4.78 is 3.32. The van der Waals surface area contributed by atoms with Gasteiger partial charge in [0.15, 0.2) is 4.96 Å². The van der Waals surface area contributed by atoms with Gasteiger partial charge in [0.1, 0.15) is 0 Å². The molecule has 0 saturated carbocycles. The first-order valence-electron chi connectivity index (χ1n) is 5.36. The number of benzene rings is 1. The summed E-state index contributed by atoms with van der Waals surface area (Å²) >= 11 is 5.15. The summed E-state index contributed by atoms with van der Waals surface area (Å²) in [6.45, 7) is 4.18. The number of thiazole rings is 1. The van der Waals surface area contributed by atoms with Crippen molar-refractivity contribution in [2.24, 2.45) is 0 Å². The van der Waals surface area contributed by atoms with Crippen molar-refractivity contribution in [1.82, 2.24) is 9.38 Å². The van der Waals surface area contributed by atoms with Crippen molar-refractivity contribution >= 4 is 32.2 Å². The van der Waals surface area contributed by atoms with Gasteiger partial charge in [0, 0.05) is 21.1 Å². The van der Waals surface area contributed by atoms with E-state index < -0.39 is 0 Å². The van der Waals surface area contributed by atoms with Crippen molar-refractivity contribution in [1.29, 1.82) is 0 Å². The Bertz CT molecular complexity index is 679. The van der Waals surface area contributed by atoms with Crippen LogP contribution in [0.25, 0.3) is 16.2 Å². The van der Waals surface area contributed by atoms with E-state index in [2.05, 4.69) is 68.8 Å². The molecule has 0 radical (unpaired) electrons. The predicted molar refractivity (Wildman–Crippen MR) is 75.7 cm³/mol. The van der Waals surface area contributed by atoms with Crippen molar-refractivity contribution in [2.75, 3.05) is 0 Å². The third-order valence-electron chi connectivity index (χ3n) is 2.83. The fraction of sp³-hybridized carbons (Fsp3) is 0.154. The quantitative estimate of drug-likeness (QED) is 0.649. The van der Waals surface area contributed by atoms with Gasteiger partial charge in [0.25, 0.3) is 0 Å². The van der Waals surface area contributed by atoms with Crippen LogP contribution in [0.1, 0.15) is 11.4 Å². The van der Waals surface area contributed by atoms with Crippen LogP contribution in [-0.4, -0.2) is 9.38 Å². The van der Waals surface area contributed by atoms with Crippen molar-refractivity contribution < 1.29 is 0 Å². The van der Waals surface area contributed by atoms with E-state index in [1.54, 1.807) is 11.3 Å². The minimum absolute atomic E-state index is 1.07. The van der Waals surface area contributed by atoms with Crippen LogP contribution in [-0.2, 0) is 0 Å². The maximum Gasteiger partial charge on any atom is 0.194 e. The summed E-state index contributed by atoms with van der Waals surface area (Å²) in [6.07, 6.45) is 0. The Labute approximate surface area is 112 Å². The lowest BCUT2D eigenvalue weighted by molar-refractivity contribution is 1.13. The van der Waals surface area contributed by atoms with Gasteiger partial charge < -0.3 is 0 Å². The van der Waals surface area contributed by atoms with Crippen LogP contribution in [0.2, 0.25) is 0 Å². The summed E-state index contributed by atoms with van der Waals surface area (Å²) in [5.41, 5.74) is 4.73. The molecule has 3 aromatic rings. The molecule has 0 aliphatic rings. The van der Waals surface area contributed by atoms with Crippen LogP contribution >= 0.6 is 27.3 Å². The maximum atomic E-state index is 4.60. The van der Waals surface area contributed by atoms with Gasteiger partial charge in [-0.2, -0.15) is 0 Å². The third kappa shape index (κ3) is 1.72. The van der Waals surface area contributed by atoms with Crippen LogP contribution in [0.4, 0.5) is 0 Å². The molecule has 0 spiro atoms. The first-order chi connectivity index (χ1) is 8.16. The van der Waals surface area contributed by atoms with Gasteiger partial charge in [-0.3, -0.25) is 4.40 Å². The molecule has 0 N–H and O–H groups in total. The first kappa shape index (κ1) is 11.0. The Balaban J connectivity index is 2.32. The number of hydrogen-bond acceptors (Lipinski definition) is 2. The van der Waals surface area contributed by atoms with Gasteiger partial charge in [-0.05, 0) is 26.0 Å². The number of aromatic nitrogens is 2. The molecular formula is C13H11BrN2S. The lowest BCUT2D eigenvalue weighted by Gasteiger charge is -2.03.